The Labute approximate surface area is 163 Å². The van der Waals surface area contributed by atoms with Crippen molar-refractivity contribution in [3.63, 3.8) is 0 Å². The van der Waals surface area contributed by atoms with Gasteiger partial charge >= 0.3 is 6.09 Å². The van der Waals surface area contributed by atoms with E-state index in [1.165, 1.54) is 0 Å². The van der Waals surface area contributed by atoms with Crippen molar-refractivity contribution < 1.29 is 14.3 Å². The standard InChI is InChI=1S/C19H28BrN3O3/c1-19(2,3)26-18(25)21-12-13-9-14(11-15(20)10-13)17(24)22-16-5-7-23(4)8-6-16/h9-11,16H,5-8,12H2,1-4H3,(H,21,25)(H,22,24). The highest BCUT2D eigenvalue weighted by atomic mass is 79.9. The van der Waals surface area contributed by atoms with Gasteiger partial charge in [0.15, 0.2) is 0 Å². The van der Waals surface area contributed by atoms with Crippen LogP contribution in [-0.2, 0) is 11.3 Å². The number of nitrogens with zero attached hydrogens (tertiary/aromatic N) is 1. The molecule has 1 saturated heterocycles. The average Bonchev–Trinajstić information content (AvgIpc) is 2.53. The van der Waals surface area contributed by atoms with Gasteiger partial charge in [-0.1, -0.05) is 15.9 Å². The number of nitrogens with one attached hydrogen (secondary N) is 2. The molecular formula is C19H28BrN3O3. The Kier molecular flexibility index (Phi) is 7.06. The highest BCUT2D eigenvalue weighted by molar-refractivity contribution is 9.10. The lowest BCUT2D eigenvalue weighted by atomic mass is 10.0. The summed E-state index contributed by atoms with van der Waals surface area (Å²) < 4.78 is 6.03. The van der Waals surface area contributed by atoms with Crippen LogP contribution in [0.5, 0.6) is 0 Å². The van der Waals surface area contributed by atoms with Crippen molar-refractivity contribution >= 4 is 27.9 Å². The lowest BCUT2D eigenvalue weighted by molar-refractivity contribution is 0.0523. The largest absolute Gasteiger partial charge is 0.444 e. The van der Waals surface area contributed by atoms with Crippen LogP contribution in [0.3, 0.4) is 0 Å². The van der Waals surface area contributed by atoms with Gasteiger partial charge in [-0.15, -0.1) is 0 Å². The number of halogens is 1. The fourth-order valence-corrected chi connectivity index (χ4v) is 3.33. The summed E-state index contributed by atoms with van der Waals surface area (Å²) in [7, 11) is 2.09. The molecule has 0 radical (unpaired) electrons. The average molecular weight is 426 g/mol. The molecule has 2 amide bonds. The maximum Gasteiger partial charge on any atom is 0.407 e. The first-order valence-corrected chi connectivity index (χ1v) is 9.67. The summed E-state index contributed by atoms with van der Waals surface area (Å²) >= 11 is 3.44. The first kappa shape index (κ1) is 20.7. The molecule has 6 nitrogen and oxygen atoms in total. The van der Waals surface area contributed by atoms with E-state index in [0.717, 1.165) is 36.0 Å². The maximum absolute atomic E-state index is 12.6. The van der Waals surface area contributed by atoms with Crippen molar-refractivity contribution in [2.24, 2.45) is 0 Å². The van der Waals surface area contributed by atoms with Gasteiger partial charge in [0.05, 0.1) is 0 Å². The van der Waals surface area contributed by atoms with Gasteiger partial charge < -0.3 is 20.3 Å². The molecule has 2 rings (SSSR count). The van der Waals surface area contributed by atoms with Crippen LogP contribution in [0, 0.1) is 0 Å². The fourth-order valence-electron chi connectivity index (χ4n) is 2.79. The van der Waals surface area contributed by atoms with E-state index in [1.807, 2.05) is 26.8 Å². The SMILES string of the molecule is CN1CCC(NC(=O)c2cc(Br)cc(CNC(=O)OC(C)(C)C)c2)CC1. The summed E-state index contributed by atoms with van der Waals surface area (Å²) in [5, 5.41) is 5.82. The molecule has 26 heavy (non-hydrogen) atoms. The minimum absolute atomic E-state index is 0.0839. The lowest BCUT2D eigenvalue weighted by Gasteiger charge is -2.29. The number of piperidine rings is 1. The van der Waals surface area contributed by atoms with Crippen molar-refractivity contribution in [3.8, 4) is 0 Å². The molecule has 1 aliphatic heterocycles. The Morgan fingerprint density at radius 2 is 1.88 bits per heavy atom. The van der Waals surface area contributed by atoms with Crippen molar-refractivity contribution in [2.45, 2.75) is 51.8 Å². The summed E-state index contributed by atoms with van der Waals surface area (Å²) in [6, 6.07) is 5.68. The lowest BCUT2D eigenvalue weighted by Crippen LogP contribution is -2.43. The van der Waals surface area contributed by atoms with Gasteiger partial charge in [-0.3, -0.25) is 4.79 Å². The molecule has 0 unspecified atom stereocenters. The van der Waals surface area contributed by atoms with Crippen LogP contribution in [0.1, 0.15) is 49.5 Å². The molecule has 0 saturated carbocycles. The van der Waals surface area contributed by atoms with E-state index in [1.54, 1.807) is 12.1 Å². The van der Waals surface area contributed by atoms with Crippen LogP contribution in [-0.4, -0.2) is 48.7 Å². The van der Waals surface area contributed by atoms with E-state index in [4.69, 9.17) is 4.74 Å². The van der Waals surface area contributed by atoms with Gasteiger partial charge in [-0.05, 0) is 77.5 Å². The van der Waals surface area contributed by atoms with E-state index in [0.29, 0.717) is 12.1 Å². The highest BCUT2D eigenvalue weighted by Crippen LogP contribution is 2.17. The first-order chi connectivity index (χ1) is 12.1. The quantitative estimate of drug-likeness (QED) is 0.775. The van der Waals surface area contributed by atoms with Gasteiger partial charge in [0.25, 0.3) is 5.91 Å². The smallest absolute Gasteiger partial charge is 0.407 e. The van der Waals surface area contributed by atoms with E-state index < -0.39 is 11.7 Å². The molecule has 1 heterocycles. The topological polar surface area (TPSA) is 70.7 Å². The van der Waals surface area contributed by atoms with Crippen LogP contribution in [0.25, 0.3) is 0 Å². The summed E-state index contributed by atoms with van der Waals surface area (Å²) in [6.45, 7) is 7.73. The Balaban J connectivity index is 1.95. The number of carbonyl (C=O) groups excluding carboxylic acids is 2. The highest BCUT2D eigenvalue weighted by Gasteiger charge is 2.20. The molecule has 144 valence electrons. The number of hydrogen-bond donors (Lipinski definition) is 2. The van der Waals surface area contributed by atoms with Gasteiger partial charge in [-0.25, -0.2) is 4.79 Å². The molecule has 1 aliphatic rings. The third-order valence-electron chi connectivity index (χ3n) is 4.11. The van der Waals surface area contributed by atoms with Gasteiger partial charge in [0.2, 0.25) is 0 Å². The molecule has 1 aromatic carbocycles. The number of amides is 2. The number of alkyl carbamates (subject to hydrolysis) is 1. The first-order valence-electron chi connectivity index (χ1n) is 8.88. The molecule has 7 heteroatoms. The molecule has 0 aromatic heterocycles. The minimum Gasteiger partial charge on any atom is -0.444 e. The number of likely N-dealkylation sites (tertiary alicyclic amines) is 1. The zero-order chi connectivity index (χ0) is 19.3. The van der Waals surface area contributed by atoms with Crippen molar-refractivity contribution in [1.82, 2.24) is 15.5 Å². The number of hydrogen-bond acceptors (Lipinski definition) is 4. The number of ether oxygens (including phenoxy) is 1. The van der Waals surface area contributed by atoms with Crippen molar-refractivity contribution in [2.75, 3.05) is 20.1 Å². The molecule has 1 fully saturated rings. The second-order valence-corrected chi connectivity index (χ2v) is 8.67. The van der Waals surface area contributed by atoms with Crippen molar-refractivity contribution in [1.29, 1.82) is 0 Å². The van der Waals surface area contributed by atoms with Gasteiger partial charge in [0.1, 0.15) is 5.60 Å². The molecule has 0 spiro atoms. The third-order valence-corrected chi connectivity index (χ3v) is 4.57. The molecule has 0 aliphatic carbocycles. The van der Waals surface area contributed by atoms with Crippen LogP contribution in [0.15, 0.2) is 22.7 Å². The summed E-state index contributed by atoms with van der Waals surface area (Å²) in [5.74, 6) is -0.0839. The number of rotatable bonds is 4. The number of carbonyl (C=O) groups is 2. The Morgan fingerprint density at radius 1 is 1.23 bits per heavy atom. The Hall–Kier alpha value is -1.60. The van der Waals surface area contributed by atoms with E-state index in [-0.39, 0.29) is 11.9 Å². The Bertz CT molecular complexity index is 650. The maximum atomic E-state index is 12.6. The van der Waals surface area contributed by atoms with Crippen LogP contribution in [0.4, 0.5) is 4.79 Å². The summed E-state index contributed by atoms with van der Waals surface area (Å²) in [4.78, 5) is 26.6. The van der Waals surface area contributed by atoms with Crippen LogP contribution >= 0.6 is 15.9 Å². The molecule has 2 N–H and O–H groups in total. The second kappa shape index (κ2) is 8.86. The van der Waals surface area contributed by atoms with Crippen molar-refractivity contribution in [3.05, 3.63) is 33.8 Å². The zero-order valence-corrected chi connectivity index (χ0v) is 17.5. The van der Waals surface area contributed by atoms with E-state index in [9.17, 15) is 9.59 Å². The Morgan fingerprint density at radius 3 is 2.50 bits per heavy atom. The summed E-state index contributed by atoms with van der Waals surface area (Å²) in [6.07, 6.45) is 1.45. The van der Waals surface area contributed by atoms with Crippen LogP contribution in [0.2, 0.25) is 0 Å². The predicted molar refractivity (Wildman–Crippen MR) is 105 cm³/mol. The molecule has 1 aromatic rings. The normalized spacial score (nSPS) is 16.2. The van der Waals surface area contributed by atoms with E-state index in [2.05, 4.69) is 38.5 Å². The minimum atomic E-state index is -0.541. The van der Waals surface area contributed by atoms with Gasteiger partial charge in [-0.2, -0.15) is 0 Å². The van der Waals surface area contributed by atoms with E-state index >= 15 is 0 Å². The third kappa shape index (κ3) is 6.96. The molecule has 0 atom stereocenters. The monoisotopic (exact) mass is 425 g/mol. The van der Waals surface area contributed by atoms with Crippen LogP contribution < -0.4 is 10.6 Å². The summed E-state index contributed by atoms with van der Waals surface area (Å²) in [5.41, 5.74) is 0.874. The zero-order valence-electron chi connectivity index (χ0n) is 15.9. The second-order valence-electron chi connectivity index (χ2n) is 7.75. The molecular weight excluding hydrogens is 398 g/mol. The fraction of sp³-hybridized carbons (Fsp3) is 0.579. The van der Waals surface area contributed by atoms with Gasteiger partial charge in [0, 0.05) is 22.6 Å². The predicted octanol–water partition coefficient (Wildman–Crippen LogP) is 3.30. The molecule has 0 bridgehead atoms. The number of benzene rings is 1.